The highest BCUT2D eigenvalue weighted by atomic mass is 32.2. The summed E-state index contributed by atoms with van der Waals surface area (Å²) >= 11 is 0. The predicted octanol–water partition coefficient (Wildman–Crippen LogP) is 5.01. The van der Waals surface area contributed by atoms with Crippen LogP contribution in [0, 0.1) is 24.5 Å². The van der Waals surface area contributed by atoms with E-state index in [2.05, 4.69) is 0 Å². The summed E-state index contributed by atoms with van der Waals surface area (Å²) in [7, 11) is -4.07. The first-order valence-corrected chi connectivity index (χ1v) is 12.1. The normalized spacial score (nSPS) is 16.5. The smallest absolute Gasteiger partial charge is 0.306 e. The topological polar surface area (TPSA) is 83.9 Å². The number of aliphatic carboxylic acids is 1. The number of benzene rings is 3. The number of rotatable bonds is 6. The number of anilines is 1. The number of nitrogens with zero attached hydrogens (tertiary/aromatic N) is 1. The van der Waals surface area contributed by atoms with Gasteiger partial charge in [-0.15, -0.1) is 0 Å². The molecule has 1 N–H and O–H groups in total. The van der Waals surface area contributed by atoms with Gasteiger partial charge >= 0.3 is 5.97 Å². The van der Waals surface area contributed by atoms with Crippen LogP contribution >= 0.6 is 0 Å². The number of carboxylic acids is 1. The molecule has 34 heavy (non-hydrogen) atoms. The van der Waals surface area contributed by atoms with Crippen molar-refractivity contribution in [3.8, 4) is 16.9 Å². The number of carboxylic acid groups (broad SMARTS) is 1. The Hall–Kier alpha value is -3.46. The number of halogens is 2. The van der Waals surface area contributed by atoms with Gasteiger partial charge in [0.25, 0.3) is 10.0 Å². The van der Waals surface area contributed by atoms with Gasteiger partial charge in [-0.05, 0) is 66.9 Å². The average Bonchev–Trinajstić information content (AvgIpc) is 2.79. The number of aryl methyl sites for hydroxylation is 1. The molecule has 0 saturated carbocycles. The lowest BCUT2D eigenvalue weighted by Crippen LogP contribution is -2.44. The third-order valence-corrected chi connectivity index (χ3v) is 7.52. The summed E-state index contributed by atoms with van der Waals surface area (Å²) in [6.07, 6.45) is -0.621. The molecule has 9 heteroatoms. The van der Waals surface area contributed by atoms with Crippen molar-refractivity contribution in [2.75, 3.05) is 10.8 Å². The average molecular weight is 488 g/mol. The Morgan fingerprint density at radius 1 is 1.15 bits per heavy atom. The Morgan fingerprint density at radius 2 is 1.91 bits per heavy atom. The molecule has 6 nitrogen and oxygen atoms in total. The van der Waals surface area contributed by atoms with Crippen molar-refractivity contribution < 1.29 is 31.8 Å². The van der Waals surface area contributed by atoms with E-state index in [1.54, 1.807) is 19.1 Å². The Labute approximate surface area is 196 Å². The van der Waals surface area contributed by atoms with Crippen LogP contribution in [0.5, 0.6) is 5.75 Å². The molecule has 0 amide bonds. The quantitative estimate of drug-likeness (QED) is 0.529. The lowest BCUT2D eigenvalue weighted by Gasteiger charge is -2.36. The van der Waals surface area contributed by atoms with Crippen LogP contribution in [0.1, 0.15) is 18.9 Å². The maximum atomic E-state index is 14.4. The van der Waals surface area contributed by atoms with Crippen LogP contribution in [-0.2, 0) is 14.8 Å². The minimum Gasteiger partial charge on any atom is -0.486 e. The zero-order valence-electron chi connectivity index (χ0n) is 18.5. The zero-order valence-corrected chi connectivity index (χ0v) is 19.4. The van der Waals surface area contributed by atoms with E-state index < -0.39 is 39.6 Å². The zero-order chi connectivity index (χ0) is 24.6. The van der Waals surface area contributed by atoms with E-state index in [0.29, 0.717) is 0 Å². The van der Waals surface area contributed by atoms with Crippen LogP contribution in [-0.4, -0.2) is 32.1 Å². The number of hydrogen-bond donors (Lipinski definition) is 1. The van der Waals surface area contributed by atoms with Crippen LogP contribution in [0.4, 0.5) is 14.5 Å². The van der Waals surface area contributed by atoms with E-state index in [0.717, 1.165) is 28.1 Å². The third kappa shape index (κ3) is 4.61. The largest absolute Gasteiger partial charge is 0.486 e. The van der Waals surface area contributed by atoms with Gasteiger partial charge in [0, 0.05) is 5.56 Å². The third-order valence-electron chi connectivity index (χ3n) is 5.75. The Balaban J connectivity index is 1.83. The summed E-state index contributed by atoms with van der Waals surface area (Å²) in [6.45, 7) is 3.17. The van der Waals surface area contributed by atoms with Crippen molar-refractivity contribution >= 4 is 21.7 Å². The van der Waals surface area contributed by atoms with E-state index >= 15 is 0 Å². The molecular formula is C25H23F2NO5S. The Bertz CT molecular complexity index is 1360. The summed E-state index contributed by atoms with van der Waals surface area (Å²) in [4.78, 5) is 11.4. The van der Waals surface area contributed by atoms with Gasteiger partial charge in [0.05, 0.1) is 23.0 Å². The van der Waals surface area contributed by atoms with E-state index in [1.165, 1.54) is 37.3 Å². The molecule has 0 fully saturated rings. The molecule has 4 rings (SSSR count). The minimum atomic E-state index is -4.07. The van der Waals surface area contributed by atoms with Crippen molar-refractivity contribution in [2.45, 2.75) is 31.3 Å². The fourth-order valence-electron chi connectivity index (χ4n) is 3.95. The highest BCUT2D eigenvalue weighted by Crippen LogP contribution is 2.41. The van der Waals surface area contributed by atoms with Gasteiger partial charge in [-0.3, -0.25) is 9.10 Å². The lowest BCUT2D eigenvalue weighted by molar-refractivity contribution is -0.142. The van der Waals surface area contributed by atoms with Crippen molar-refractivity contribution in [1.29, 1.82) is 0 Å². The summed E-state index contributed by atoms with van der Waals surface area (Å²) in [5.41, 5.74) is 1.18. The fraction of sp³-hybridized carbons (Fsp3) is 0.240. The van der Waals surface area contributed by atoms with Crippen molar-refractivity contribution in [3.05, 3.63) is 77.9 Å². The maximum Gasteiger partial charge on any atom is 0.306 e. The number of hydrogen-bond acceptors (Lipinski definition) is 4. The van der Waals surface area contributed by atoms with Gasteiger partial charge in [0.1, 0.15) is 23.5 Å². The minimum absolute atomic E-state index is 0.0164. The molecule has 0 unspecified atom stereocenters. The first-order valence-electron chi connectivity index (χ1n) is 10.6. The molecule has 0 radical (unpaired) electrons. The molecule has 1 aliphatic rings. The second kappa shape index (κ2) is 9.06. The molecule has 3 aromatic rings. The van der Waals surface area contributed by atoms with Crippen molar-refractivity contribution in [3.63, 3.8) is 0 Å². The first-order chi connectivity index (χ1) is 16.1. The fourth-order valence-corrected chi connectivity index (χ4v) is 5.55. The van der Waals surface area contributed by atoms with E-state index in [9.17, 15) is 27.1 Å². The molecular weight excluding hydrogens is 464 g/mol. The van der Waals surface area contributed by atoms with Gasteiger partial charge in [0.2, 0.25) is 0 Å². The van der Waals surface area contributed by atoms with Crippen molar-refractivity contribution in [1.82, 2.24) is 0 Å². The molecule has 0 aromatic heterocycles. The molecule has 1 heterocycles. The molecule has 3 aromatic carbocycles. The maximum absolute atomic E-state index is 14.4. The molecule has 2 atom stereocenters. The molecule has 0 aliphatic carbocycles. The lowest BCUT2D eigenvalue weighted by atomic mass is 10.0. The van der Waals surface area contributed by atoms with Crippen LogP contribution in [0.3, 0.4) is 0 Å². The number of ether oxygens (including phenoxy) is 1. The summed E-state index contributed by atoms with van der Waals surface area (Å²) in [5, 5.41) is 9.30. The Morgan fingerprint density at radius 3 is 2.62 bits per heavy atom. The van der Waals surface area contributed by atoms with E-state index in [1.807, 2.05) is 0 Å². The van der Waals surface area contributed by atoms with E-state index in [4.69, 9.17) is 4.74 Å². The van der Waals surface area contributed by atoms with Crippen LogP contribution in [0.25, 0.3) is 11.1 Å². The van der Waals surface area contributed by atoms with Gasteiger partial charge in [-0.2, -0.15) is 0 Å². The number of sulfonamides is 1. The first kappa shape index (κ1) is 23.7. The molecule has 0 saturated heterocycles. The van der Waals surface area contributed by atoms with Crippen LogP contribution < -0.4 is 9.04 Å². The van der Waals surface area contributed by atoms with E-state index in [-0.39, 0.29) is 40.4 Å². The predicted molar refractivity (Wildman–Crippen MR) is 123 cm³/mol. The number of carbonyl (C=O) groups is 1. The molecule has 0 bridgehead atoms. The highest BCUT2D eigenvalue weighted by Gasteiger charge is 2.36. The summed E-state index contributed by atoms with van der Waals surface area (Å²) < 4.78 is 62.6. The SMILES string of the molecule is Cc1cccc(S(=O)(=O)N2C[C@H](C[C@@H](C)C(=O)O)Oc3ccc(-c4cc(F)ccc4F)cc32)c1. The molecule has 0 spiro atoms. The highest BCUT2D eigenvalue weighted by molar-refractivity contribution is 7.92. The Kier molecular flexibility index (Phi) is 6.31. The second-order valence-corrected chi connectivity index (χ2v) is 10.2. The van der Waals surface area contributed by atoms with Gasteiger partial charge in [0.15, 0.2) is 0 Å². The number of fused-ring (bicyclic) bond motifs is 1. The van der Waals surface area contributed by atoms with Crippen LogP contribution in [0.2, 0.25) is 0 Å². The van der Waals surface area contributed by atoms with Crippen molar-refractivity contribution in [2.24, 2.45) is 5.92 Å². The van der Waals surface area contributed by atoms with Gasteiger partial charge in [-0.1, -0.05) is 25.1 Å². The molecule has 1 aliphatic heterocycles. The standard InChI is InChI=1S/C25H23F2NO5S/c1-15-4-3-5-20(10-15)34(31,32)28-14-19(11-16(2)25(29)30)33-24-9-6-17(12-23(24)28)21-13-18(26)7-8-22(21)27/h3-10,12-13,16,19H,11,14H2,1-2H3,(H,29,30)/t16-,19+/m1/s1. The second-order valence-electron chi connectivity index (χ2n) is 8.37. The van der Waals surface area contributed by atoms with Gasteiger partial charge < -0.3 is 9.84 Å². The monoisotopic (exact) mass is 487 g/mol. The van der Waals surface area contributed by atoms with Gasteiger partial charge in [-0.25, -0.2) is 17.2 Å². The molecule has 178 valence electrons. The summed E-state index contributed by atoms with van der Waals surface area (Å²) in [5.74, 6) is -2.84. The van der Waals surface area contributed by atoms with Crippen LogP contribution in [0.15, 0.2) is 65.6 Å². The summed E-state index contributed by atoms with van der Waals surface area (Å²) in [6, 6.07) is 13.9.